The average molecular weight is 256 g/mol. The molecule has 1 aromatic heterocycles. The second-order valence-electron chi connectivity index (χ2n) is 4.07. The Morgan fingerprint density at radius 3 is 3.06 bits per heavy atom. The molecule has 17 heavy (non-hydrogen) atoms. The van der Waals surface area contributed by atoms with Gasteiger partial charge in [-0.1, -0.05) is 18.7 Å². The van der Waals surface area contributed by atoms with Crippen LogP contribution in [-0.2, 0) is 9.53 Å². The first-order valence-corrected chi connectivity index (χ1v) is 6.68. The van der Waals surface area contributed by atoms with Crippen LogP contribution in [0.2, 0.25) is 0 Å². The predicted molar refractivity (Wildman–Crippen MR) is 62.7 cm³/mol. The second kappa shape index (κ2) is 5.48. The highest BCUT2D eigenvalue weighted by atomic mass is 32.2. The van der Waals surface area contributed by atoms with E-state index in [1.54, 1.807) is 0 Å². The summed E-state index contributed by atoms with van der Waals surface area (Å²) in [5.74, 6) is -0.169. The zero-order valence-electron chi connectivity index (χ0n) is 10.00. The number of aromatic nitrogens is 4. The van der Waals surface area contributed by atoms with Crippen molar-refractivity contribution in [1.29, 1.82) is 0 Å². The van der Waals surface area contributed by atoms with Crippen LogP contribution in [0.5, 0.6) is 0 Å². The molecule has 1 fully saturated rings. The summed E-state index contributed by atoms with van der Waals surface area (Å²) in [6.45, 7) is 4.22. The van der Waals surface area contributed by atoms with Crippen molar-refractivity contribution in [2.24, 2.45) is 0 Å². The molecule has 1 atom stereocenters. The van der Waals surface area contributed by atoms with Crippen LogP contribution in [0.1, 0.15) is 39.2 Å². The molecule has 1 saturated carbocycles. The third-order valence-electron chi connectivity index (χ3n) is 2.42. The van der Waals surface area contributed by atoms with Crippen molar-refractivity contribution in [3.05, 3.63) is 0 Å². The number of rotatable bonds is 6. The number of tetrazole rings is 1. The first kappa shape index (κ1) is 12.3. The van der Waals surface area contributed by atoms with E-state index in [0.717, 1.165) is 18.0 Å². The van der Waals surface area contributed by atoms with Gasteiger partial charge >= 0.3 is 5.97 Å². The SMILES string of the molecule is CCOC(=O)CC(C)Sc1nnnn1C1CC1. The lowest BCUT2D eigenvalue weighted by atomic mass is 10.3. The predicted octanol–water partition coefficient (Wildman–Crippen LogP) is 1.44. The van der Waals surface area contributed by atoms with E-state index in [2.05, 4.69) is 15.5 Å². The highest BCUT2D eigenvalue weighted by molar-refractivity contribution is 7.99. The highest BCUT2D eigenvalue weighted by Gasteiger charge is 2.28. The van der Waals surface area contributed by atoms with E-state index in [9.17, 15) is 4.79 Å². The van der Waals surface area contributed by atoms with Crippen molar-refractivity contribution in [3.8, 4) is 0 Å². The number of esters is 1. The molecule has 1 unspecified atom stereocenters. The van der Waals surface area contributed by atoms with Crippen LogP contribution < -0.4 is 0 Å². The number of carbonyl (C=O) groups excluding carboxylic acids is 1. The van der Waals surface area contributed by atoms with Gasteiger partial charge in [-0.25, -0.2) is 4.68 Å². The highest BCUT2D eigenvalue weighted by Crippen LogP contribution is 2.37. The van der Waals surface area contributed by atoms with E-state index in [4.69, 9.17) is 4.74 Å². The molecular weight excluding hydrogens is 240 g/mol. The molecule has 2 rings (SSSR count). The quantitative estimate of drug-likeness (QED) is 0.566. The van der Waals surface area contributed by atoms with Crippen LogP contribution in [0.15, 0.2) is 5.16 Å². The lowest BCUT2D eigenvalue weighted by molar-refractivity contribution is -0.142. The topological polar surface area (TPSA) is 69.9 Å². The van der Waals surface area contributed by atoms with Gasteiger partial charge in [-0.2, -0.15) is 0 Å². The average Bonchev–Trinajstić information content (AvgIpc) is 3.00. The number of hydrogen-bond acceptors (Lipinski definition) is 6. The largest absolute Gasteiger partial charge is 0.466 e. The molecule has 6 nitrogen and oxygen atoms in total. The smallest absolute Gasteiger partial charge is 0.306 e. The van der Waals surface area contributed by atoms with Gasteiger partial charge < -0.3 is 4.74 Å². The fourth-order valence-electron chi connectivity index (χ4n) is 1.49. The molecule has 1 heterocycles. The van der Waals surface area contributed by atoms with Crippen LogP contribution >= 0.6 is 11.8 Å². The molecule has 0 saturated heterocycles. The lowest BCUT2D eigenvalue weighted by Gasteiger charge is -2.09. The molecule has 0 amide bonds. The minimum Gasteiger partial charge on any atom is -0.466 e. The molecule has 0 N–H and O–H groups in total. The van der Waals surface area contributed by atoms with E-state index in [0.29, 0.717) is 19.1 Å². The van der Waals surface area contributed by atoms with Crippen LogP contribution in [0.3, 0.4) is 0 Å². The molecule has 0 radical (unpaired) electrons. The van der Waals surface area contributed by atoms with E-state index in [-0.39, 0.29) is 11.2 Å². The molecule has 1 aliphatic carbocycles. The summed E-state index contributed by atoms with van der Waals surface area (Å²) < 4.78 is 6.76. The Bertz CT molecular complexity index is 391. The molecular formula is C10H16N4O2S. The molecule has 94 valence electrons. The van der Waals surface area contributed by atoms with Gasteiger partial charge in [0, 0.05) is 5.25 Å². The van der Waals surface area contributed by atoms with Crippen molar-refractivity contribution in [1.82, 2.24) is 20.2 Å². The van der Waals surface area contributed by atoms with E-state index in [1.807, 2.05) is 18.5 Å². The van der Waals surface area contributed by atoms with Crippen LogP contribution in [0.25, 0.3) is 0 Å². The molecule has 1 aromatic rings. The Balaban J connectivity index is 1.86. The maximum Gasteiger partial charge on any atom is 0.306 e. The fourth-order valence-corrected chi connectivity index (χ4v) is 2.44. The lowest BCUT2D eigenvalue weighted by Crippen LogP contribution is -2.11. The molecule has 0 aliphatic heterocycles. The zero-order valence-corrected chi connectivity index (χ0v) is 10.8. The first-order chi connectivity index (χ1) is 8.20. The normalized spacial score (nSPS) is 16.8. The maximum absolute atomic E-state index is 11.3. The van der Waals surface area contributed by atoms with Gasteiger partial charge in [-0.15, -0.1) is 5.10 Å². The molecule has 1 aliphatic rings. The van der Waals surface area contributed by atoms with Gasteiger partial charge in [0.2, 0.25) is 5.16 Å². The summed E-state index contributed by atoms with van der Waals surface area (Å²) in [4.78, 5) is 11.3. The second-order valence-corrected chi connectivity index (χ2v) is 5.48. The Kier molecular flexibility index (Phi) is 3.98. The van der Waals surface area contributed by atoms with Gasteiger partial charge in [0.1, 0.15) is 0 Å². The zero-order chi connectivity index (χ0) is 12.3. The Morgan fingerprint density at radius 1 is 1.65 bits per heavy atom. The van der Waals surface area contributed by atoms with Crippen LogP contribution in [0, 0.1) is 0 Å². The van der Waals surface area contributed by atoms with E-state index >= 15 is 0 Å². The van der Waals surface area contributed by atoms with Crippen molar-refractivity contribution >= 4 is 17.7 Å². The minimum absolute atomic E-state index is 0.123. The summed E-state index contributed by atoms with van der Waals surface area (Å²) in [6.07, 6.45) is 2.67. The Labute approximate surface area is 104 Å². The first-order valence-electron chi connectivity index (χ1n) is 5.80. The molecule has 7 heteroatoms. The summed E-state index contributed by atoms with van der Waals surface area (Å²) in [5, 5.41) is 12.5. The van der Waals surface area contributed by atoms with Gasteiger partial charge in [-0.05, 0) is 30.2 Å². The van der Waals surface area contributed by atoms with Crippen molar-refractivity contribution in [2.75, 3.05) is 6.61 Å². The summed E-state index contributed by atoms with van der Waals surface area (Å²) in [6, 6.07) is 0.460. The van der Waals surface area contributed by atoms with Crippen molar-refractivity contribution < 1.29 is 9.53 Å². The van der Waals surface area contributed by atoms with Gasteiger partial charge in [0.15, 0.2) is 0 Å². The molecule has 0 spiro atoms. The van der Waals surface area contributed by atoms with Crippen molar-refractivity contribution in [3.63, 3.8) is 0 Å². The van der Waals surface area contributed by atoms with Gasteiger partial charge in [0.05, 0.1) is 19.1 Å². The van der Waals surface area contributed by atoms with Crippen LogP contribution in [0.4, 0.5) is 0 Å². The summed E-state index contributed by atoms with van der Waals surface area (Å²) >= 11 is 1.53. The standard InChI is InChI=1S/C10H16N4O2S/c1-3-16-9(15)6-7(2)17-10-11-12-13-14(10)8-4-5-8/h7-8H,3-6H2,1-2H3. The summed E-state index contributed by atoms with van der Waals surface area (Å²) in [5.41, 5.74) is 0. The maximum atomic E-state index is 11.3. The number of carbonyl (C=O) groups is 1. The van der Waals surface area contributed by atoms with Crippen molar-refractivity contribution in [2.45, 2.75) is 49.6 Å². The number of ether oxygens (including phenoxy) is 1. The number of hydrogen-bond donors (Lipinski definition) is 0. The van der Waals surface area contributed by atoms with E-state index in [1.165, 1.54) is 11.8 Å². The monoisotopic (exact) mass is 256 g/mol. The fraction of sp³-hybridized carbons (Fsp3) is 0.800. The summed E-state index contributed by atoms with van der Waals surface area (Å²) in [7, 11) is 0. The van der Waals surface area contributed by atoms with Crippen LogP contribution in [-0.4, -0.2) is 38.0 Å². The van der Waals surface area contributed by atoms with Gasteiger partial charge in [-0.3, -0.25) is 4.79 Å². The Morgan fingerprint density at radius 2 is 2.41 bits per heavy atom. The van der Waals surface area contributed by atoms with Gasteiger partial charge in [0.25, 0.3) is 0 Å². The van der Waals surface area contributed by atoms with E-state index < -0.39 is 0 Å². The number of nitrogens with zero attached hydrogens (tertiary/aromatic N) is 4. The number of thioether (sulfide) groups is 1. The molecule has 0 aromatic carbocycles. The Hall–Kier alpha value is -1.11. The minimum atomic E-state index is -0.169. The third kappa shape index (κ3) is 3.42. The molecule has 0 bridgehead atoms. The third-order valence-corrected chi connectivity index (χ3v) is 3.47.